The van der Waals surface area contributed by atoms with E-state index in [9.17, 15) is 24.3 Å². The van der Waals surface area contributed by atoms with E-state index < -0.39 is 47.9 Å². The molecule has 0 spiro atoms. The van der Waals surface area contributed by atoms with Crippen molar-refractivity contribution in [2.75, 3.05) is 0 Å². The molecule has 0 saturated heterocycles. The molecule has 3 amide bonds. The molecule has 0 fully saturated rings. The predicted molar refractivity (Wildman–Crippen MR) is 158 cm³/mol. The van der Waals surface area contributed by atoms with Gasteiger partial charge in [-0.15, -0.1) is 0 Å². The fraction of sp³-hybridized carbons (Fsp3) is 0.419. The average Bonchev–Trinajstić information content (AvgIpc) is 3.36. The zero-order chi connectivity index (χ0) is 30.1. The van der Waals surface area contributed by atoms with Crippen molar-refractivity contribution in [3.8, 4) is 0 Å². The number of hydrogen-bond donors (Lipinski definition) is 6. The van der Waals surface area contributed by atoms with Crippen LogP contribution >= 0.6 is 0 Å². The lowest BCUT2D eigenvalue weighted by atomic mass is 9.97. The molecule has 1 heterocycles. The Hall–Kier alpha value is -4.18. The zero-order valence-electron chi connectivity index (χ0n) is 24.0. The van der Waals surface area contributed by atoms with Gasteiger partial charge in [-0.05, 0) is 35.4 Å². The summed E-state index contributed by atoms with van der Waals surface area (Å²) < 4.78 is 0. The van der Waals surface area contributed by atoms with Crippen molar-refractivity contribution in [2.45, 2.75) is 71.1 Å². The summed E-state index contributed by atoms with van der Waals surface area (Å²) in [4.78, 5) is 55.1. The number of carboxylic acid groups (broad SMARTS) is 1. The molecule has 2 aromatic carbocycles. The second-order valence-corrected chi connectivity index (χ2v) is 10.9. The van der Waals surface area contributed by atoms with E-state index in [1.807, 2.05) is 61.5 Å². The van der Waals surface area contributed by atoms with Crippen LogP contribution in [-0.2, 0) is 32.0 Å². The number of amides is 3. The highest BCUT2D eigenvalue weighted by Gasteiger charge is 2.33. The summed E-state index contributed by atoms with van der Waals surface area (Å²) in [5.41, 5.74) is 8.70. The van der Waals surface area contributed by atoms with Gasteiger partial charge in [0.15, 0.2) is 0 Å². The highest BCUT2D eigenvalue weighted by atomic mass is 16.4. The molecule has 0 saturated carbocycles. The molecular formula is C31H41N5O5. The maximum atomic E-state index is 13.5. The van der Waals surface area contributed by atoms with Crippen LogP contribution in [0.2, 0.25) is 0 Å². The SMILES string of the molecule is CCC(C)C(NC(=O)C(Cc1c[nH]c2ccccc12)NC(=O)C(NC(=O)C(N)Cc1ccccc1)C(C)C)C(=O)O. The number of aromatic amines is 1. The standard InChI is InChI=1S/C31H41N5O5/c1-5-19(4)27(31(40)41)36-29(38)25(16-21-17-33-24-14-10-9-13-22(21)24)34-30(39)26(18(2)3)35-28(37)23(32)15-20-11-7-6-8-12-20/h6-14,17-19,23,25-27,33H,5,15-16,32H2,1-4H3,(H,34,39)(H,35,37)(H,36,38)(H,40,41). The lowest BCUT2D eigenvalue weighted by Gasteiger charge is -2.28. The highest BCUT2D eigenvalue weighted by molar-refractivity contribution is 5.95. The summed E-state index contributed by atoms with van der Waals surface area (Å²) in [5, 5.41) is 18.8. The molecule has 10 nitrogen and oxygen atoms in total. The van der Waals surface area contributed by atoms with Crippen LogP contribution in [0.3, 0.4) is 0 Å². The predicted octanol–water partition coefficient (Wildman–Crippen LogP) is 2.52. The summed E-state index contributed by atoms with van der Waals surface area (Å²) in [7, 11) is 0. The maximum Gasteiger partial charge on any atom is 0.326 e. The minimum absolute atomic E-state index is 0.112. The van der Waals surface area contributed by atoms with Crippen molar-refractivity contribution in [3.63, 3.8) is 0 Å². The fourth-order valence-corrected chi connectivity index (χ4v) is 4.68. The summed E-state index contributed by atoms with van der Waals surface area (Å²) in [6.07, 6.45) is 2.73. The normalized spacial score (nSPS) is 15.0. The smallest absolute Gasteiger partial charge is 0.326 e. The van der Waals surface area contributed by atoms with Crippen molar-refractivity contribution in [1.29, 1.82) is 0 Å². The van der Waals surface area contributed by atoms with Gasteiger partial charge in [-0.25, -0.2) is 4.79 Å². The lowest BCUT2D eigenvalue weighted by Crippen LogP contribution is -2.59. The van der Waals surface area contributed by atoms with E-state index in [0.29, 0.717) is 12.8 Å². The Balaban J connectivity index is 1.81. The van der Waals surface area contributed by atoms with Crippen LogP contribution in [0.1, 0.15) is 45.2 Å². The summed E-state index contributed by atoms with van der Waals surface area (Å²) in [5.74, 6) is -3.45. The number of aliphatic carboxylic acids is 1. The summed E-state index contributed by atoms with van der Waals surface area (Å²) in [6, 6.07) is 12.9. The Morgan fingerprint density at radius 3 is 2.10 bits per heavy atom. The van der Waals surface area contributed by atoms with Crippen molar-refractivity contribution in [1.82, 2.24) is 20.9 Å². The molecule has 0 aliphatic heterocycles. The number of aromatic nitrogens is 1. The molecule has 5 atom stereocenters. The number of carbonyl (C=O) groups is 4. The maximum absolute atomic E-state index is 13.5. The average molecular weight is 564 g/mol. The van der Waals surface area contributed by atoms with Crippen molar-refractivity contribution in [3.05, 3.63) is 71.9 Å². The molecule has 0 aliphatic rings. The van der Waals surface area contributed by atoms with Crippen molar-refractivity contribution >= 4 is 34.6 Å². The van der Waals surface area contributed by atoms with Crippen LogP contribution in [0.5, 0.6) is 0 Å². The summed E-state index contributed by atoms with van der Waals surface area (Å²) in [6.45, 7) is 7.16. The van der Waals surface area contributed by atoms with Crippen LogP contribution < -0.4 is 21.7 Å². The molecule has 3 aromatic rings. The van der Waals surface area contributed by atoms with Gasteiger partial charge in [-0.1, -0.05) is 82.6 Å². The van der Waals surface area contributed by atoms with Crippen molar-refractivity contribution < 1.29 is 24.3 Å². The van der Waals surface area contributed by atoms with Gasteiger partial charge in [0.1, 0.15) is 18.1 Å². The van der Waals surface area contributed by atoms with Gasteiger partial charge < -0.3 is 31.8 Å². The second kappa shape index (κ2) is 14.5. The first-order valence-electron chi connectivity index (χ1n) is 14.0. The zero-order valence-corrected chi connectivity index (χ0v) is 24.0. The Morgan fingerprint density at radius 1 is 0.829 bits per heavy atom. The number of rotatable bonds is 14. The molecule has 3 rings (SSSR count). The number of nitrogens with two attached hydrogens (primary N) is 1. The molecule has 41 heavy (non-hydrogen) atoms. The number of benzene rings is 2. The van der Waals surface area contributed by atoms with Crippen molar-refractivity contribution in [2.24, 2.45) is 17.6 Å². The van der Waals surface area contributed by atoms with Crippen LogP contribution in [-0.4, -0.2) is 57.9 Å². The van der Waals surface area contributed by atoms with E-state index >= 15 is 0 Å². The molecule has 0 radical (unpaired) electrons. The molecule has 0 bridgehead atoms. The first-order valence-corrected chi connectivity index (χ1v) is 14.0. The van der Waals surface area contributed by atoms with Crippen LogP contribution in [0.4, 0.5) is 0 Å². The van der Waals surface area contributed by atoms with E-state index in [4.69, 9.17) is 5.73 Å². The first kappa shape index (κ1) is 31.3. The molecule has 7 N–H and O–H groups in total. The minimum atomic E-state index is -1.15. The minimum Gasteiger partial charge on any atom is -0.480 e. The Kier molecular flexibility index (Phi) is 11.0. The van der Waals surface area contributed by atoms with E-state index in [1.165, 1.54) is 0 Å². The highest BCUT2D eigenvalue weighted by Crippen LogP contribution is 2.20. The molecule has 1 aromatic heterocycles. The third-order valence-corrected chi connectivity index (χ3v) is 7.39. The van der Waals surface area contributed by atoms with Gasteiger partial charge in [0.2, 0.25) is 17.7 Å². The van der Waals surface area contributed by atoms with E-state index in [-0.39, 0.29) is 18.3 Å². The molecule has 0 aliphatic carbocycles. The van der Waals surface area contributed by atoms with Crippen LogP contribution in [0, 0.1) is 11.8 Å². The van der Waals surface area contributed by atoms with E-state index in [0.717, 1.165) is 22.0 Å². The molecule has 10 heteroatoms. The second-order valence-electron chi connectivity index (χ2n) is 10.9. The topological polar surface area (TPSA) is 166 Å². The van der Waals surface area contributed by atoms with E-state index in [1.54, 1.807) is 27.0 Å². The van der Waals surface area contributed by atoms with Crippen LogP contribution in [0.25, 0.3) is 10.9 Å². The third kappa shape index (κ3) is 8.40. The number of para-hydroxylation sites is 1. The monoisotopic (exact) mass is 563 g/mol. The number of nitrogens with one attached hydrogen (secondary N) is 4. The number of carbonyl (C=O) groups excluding carboxylic acids is 3. The Bertz CT molecular complexity index is 1340. The number of hydrogen-bond acceptors (Lipinski definition) is 5. The van der Waals surface area contributed by atoms with Gasteiger partial charge in [-0.2, -0.15) is 0 Å². The summed E-state index contributed by atoms with van der Waals surface area (Å²) >= 11 is 0. The fourth-order valence-electron chi connectivity index (χ4n) is 4.68. The number of carboxylic acids is 1. The number of H-pyrrole nitrogens is 1. The first-order chi connectivity index (χ1) is 19.5. The molecular weight excluding hydrogens is 522 g/mol. The largest absolute Gasteiger partial charge is 0.480 e. The molecule has 220 valence electrons. The Morgan fingerprint density at radius 2 is 1.46 bits per heavy atom. The van der Waals surface area contributed by atoms with Crippen LogP contribution in [0.15, 0.2) is 60.8 Å². The Labute approximate surface area is 240 Å². The van der Waals surface area contributed by atoms with Gasteiger partial charge in [-0.3, -0.25) is 14.4 Å². The van der Waals surface area contributed by atoms with Gasteiger partial charge in [0.05, 0.1) is 6.04 Å². The van der Waals surface area contributed by atoms with Gasteiger partial charge >= 0.3 is 5.97 Å². The third-order valence-electron chi connectivity index (χ3n) is 7.39. The lowest BCUT2D eigenvalue weighted by molar-refractivity contribution is -0.143. The van der Waals surface area contributed by atoms with Gasteiger partial charge in [0.25, 0.3) is 0 Å². The molecule has 5 unspecified atom stereocenters. The quantitative estimate of drug-likeness (QED) is 0.176. The van der Waals surface area contributed by atoms with E-state index in [2.05, 4.69) is 20.9 Å². The van der Waals surface area contributed by atoms with Gasteiger partial charge in [0, 0.05) is 23.5 Å². The number of fused-ring (bicyclic) bond motifs is 1.